The van der Waals surface area contributed by atoms with Gasteiger partial charge in [0.2, 0.25) is 15.9 Å². The van der Waals surface area contributed by atoms with Crippen molar-refractivity contribution in [3.63, 3.8) is 0 Å². The Morgan fingerprint density at radius 1 is 0.875 bits per heavy atom. The Morgan fingerprint density at radius 3 is 2.19 bits per heavy atom. The van der Waals surface area contributed by atoms with Crippen LogP contribution in [0.5, 0.6) is 0 Å². The van der Waals surface area contributed by atoms with E-state index in [0.29, 0.717) is 12.0 Å². The zero-order valence-corrected chi connectivity index (χ0v) is 18.6. The van der Waals surface area contributed by atoms with Crippen LogP contribution in [-0.4, -0.2) is 26.7 Å². The molecule has 1 unspecified atom stereocenters. The van der Waals surface area contributed by atoms with Crippen LogP contribution in [0.1, 0.15) is 40.9 Å². The number of amides is 1. The molecule has 0 aliphatic heterocycles. The molecule has 3 aromatic rings. The Bertz CT molecular complexity index is 1160. The van der Waals surface area contributed by atoms with Crippen molar-refractivity contribution in [3.05, 3.63) is 102 Å². The summed E-state index contributed by atoms with van der Waals surface area (Å²) >= 11 is 0. The zero-order valence-electron chi connectivity index (χ0n) is 17.8. The molecule has 1 atom stereocenters. The number of Topliss-reactive ketones (excluding diaryl/α,β-unsaturated/α-hetero) is 1. The highest BCUT2D eigenvalue weighted by Crippen LogP contribution is 2.18. The van der Waals surface area contributed by atoms with Crippen molar-refractivity contribution < 1.29 is 18.0 Å². The second-order valence-corrected chi connectivity index (χ2v) is 9.22. The smallest absolute Gasteiger partial charge is 0.240 e. The lowest BCUT2D eigenvalue weighted by molar-refractivity contribution is -0.121. The molecular weight excluding hydrogens is 424 g/mol. The first-order valence-electron chi connectivity index (χ1n) is 10.3. The van der Waals surface area contributed by atoms with E-state index in [9.17, 15) is 18.0 Å². The van der Waals surface area contributed by atoms with E-state index in [-0.39, 0.29) is 35.6 Å². The lowest BCUT2D eigenvalue weighted by Crippen LogP contribution is -2.33. The molecule has 2 N–H and O–H groups in total. The van der Waals surface area contributed by atoms with Crippen molar-refractivity contribution >= 4 is 21.7 Å². The Kier molecular flexibility index (Phi) is 7.92. The van der Waals surface area contributed by atoms with Crippen molar-refractivity contribution in [2.45, 2.75) is 30.7 Å². The Labute approximate surface area is 188 Å². The average molecular weight is 451 g/mol. The van der Waals surface area contributed by atoms with Gasteiger partial charge < -0.3 is 5.32 Å². The molecule has 0 aromatic heterocycles. The number of nitrogens with one attached hydrogen (secondary N) is 2. The monoisotopic (exact) mass is 450 g/mol. The fourth-order valence-corrected chi connectivity index (χ4v) is 4.40. The average Bonchev–Trinajstić information content (AvgIpc) is 2.80. The predicted octanol–water partition coefficient (Wildman–Crippen LogP) is 3.66. The van der Waals surface area contributed by atoms with Gasteiger partial charge in [-0.05, 0) is 36.6 Å². The van der Waals surface area contributed by atoms with E-state index in [4.69, 9.17) is 0 Å². The molecule has 0 spiro atoms. The second-order valence-electron chi connectivity index (χ2n) is 7.45. The summed E-state index contributed by atoms with van der Waals surface area (Å²) in [6.07, 6.45) is 0.615. The molecule has 0 heterocycles. The highest BCUT2D eigenvalue weighted by molar-refractivity contribution is 7.89. The van der Waals surface area contributed by atoms with Crippen LogP contribution in [0, 0.1) is 0 Å². The molecule has 3 aromatic carbocycles. The minimum atomic E-state index is -3.82. The van der Waals surface area contributed by atoms with E-state index in [1.807, 2.05) is 60.7 Å². The summed E-state index contributed by atoms with van der Waals surface area (Å²) in [7, 11) is -3.82. The lowest BCUT2D eigenvalue weighted by Gasteiger charge is -2.20. The lowest BCUT2D eigenvalue weighted by atomic mass is 9.98. The van der Waals surface area contributed by atoms with Crippen LogP contribution in [0.25, 0.3) is 0 Å². The molecule has 0 fully saturated rings. The third-order valence-corrected chi connectivity index (χ3v) is 6.47. The zero-order chi connectivity index (χ0) is 23.0. The third kappa shape index (κ3) is 6.60. The molecule has 0 aliphatic rings. The molecule has 32 heavy (non-hydrogen) atoms. The minimum absolute atomic E-state index is 0.00292. The Hall–Kier alpha value is -3.29. The molecule has 0 aliphatic carbocycles. The number of sulfonamides is 1. The van der Waals surface area contributed by atoms with Gasteiger partial charge in [0.1, 0.15) is 0 Å². The first-order valence-corrected chi connectivity index (χ1v) is 11.8. The molecular formula is C25H26N2O4S. The van der Waals surface area contributed by atoms with Crippen molar-refractivity contribution in [3.8, 4) is 0 Å². The summed E-state index contributed by atoms with van der Waals surface area (Å²) in [5.74, 6) is -0.471. The number of hydrogen-bond acceptors (Lipinski definition) is 4. The second kappa shape index (κ2) is 10.8. The van der Waals surface area contributed by atoms with Gasteiger partial charge >= 0.3 is 0 Å². The molecule has 0 bridgehead atoms. The number of rotatable bonds is 10. The summed E-state index contributed by atoms with van der Waals surface area (Å²) < 4.78 is 27.5. The molecule has 0 radical (unpaired) electrons. The van der Waals surface area contributed by atoms with Crippen molar-refractivity contribution in [2.75, 3.05) is 6.54 Å². The van der Waals surface area contributed by atoms with Crippen LogP contribution in [0.3, 0.4) is 0 Å². The highest BCUT2D eigenvalue weighted by Gasteiger charge is 2.18. The summed E-state index contributed by atoms with van der Waals surface area (Å²) in [6, 6.07) is 25.1. The van der Waals surface area contributed by atoms with E-state index in [1.54, 1.807) is 6.07 Å². The maximum absolute atomic E-state index is 12.6. The standard InChI is InChI=1S/C25H26N2O4S/c1-19(28)22-13-8-14-23(18-22)32(30,31)26-16-15-25(29)27-24(21-11-6-3-7-12-21)17-20-9-4-2-5-10-20/h2-14,18,24,26H,15-17H2,1H3,(H,27,29). The molecule has 3 rings (SSSR count). The van der Waals surface area contributed by atoms with Crippen molar-refractivity contribution in [1.29, 1.82) is 0 Å². The van der Waals surface area contributed by atoms with Gasteiger partial charge in [0, 0.05) is 18.5 Å². The first kappa shape index (κ1) is 23.4. The highest BCUT2D eigenvalue weighted by atomic mass is 32.2. The number of ketones is 1. The van der Waals surface area contributed by atoms with Gasteiger partial charge in [-0.25, -0.2) is 13.1 Å². The topological polar surface area (TPSA) is 92.3 Å². The van der Waals surface area contributed by atoms with Crippen LogP contribution in [0.15, 0.2) is 89.8 Å². The van der Waals surface area contributed by atoms with Gasteiger partial charge in [-0.15, -0.1) is 0 Å². The van der Waals surface area contributed by atoms with Crippen LogP contribution in [-0.2, 0) is 21.2 Å². The maximum Gasteiger partial charge on any atom is 0.240 e. The van der Waals surface area contributed by atoms with Crippen molar-refractivity contribution in [1.82, 2.24) is 10.0 Å². The van der Waals surface area contributed by atoms with E-state index < -0.39 is 10.0 Å². The number of carbonyl (C=O) groups is 2. The summed E-state index contributed by atoms with van der Waals surface area (Å²) in [4.78, 5) is 24.1. The quantitative estimate of drug-likeness (QED) is 0.461. The number of benzene rings is 3. The number of hydrogen-bond donors (Lipinski definition) is 2. The maximum atomic E-state index is 12.6. The number of carbonyl (C=O) groups excluding carboxylic acids is 2. The molecule has 1 amide bonds. The van der Waals surface area contributed by atoms with Crippen LogP contribution in [0.2, 0.25) is 0 Å². The van der Waals surface area contributed by atoms with E-state index >= 15 is 0 Å². The third-order valence-electron chi connectivity index (χ3n) is 5.01. The van der Waals surface area contributed by atoms with Gasteiger partial charge in [-0.2, -0.15) is 0 Å². The van der Waals surface area contributed by atoms with Crippen LogP contribution >= 0.6 is 0 Å². The summed E-state index contributed by atoms with van der Waals surface area (Å²) in [5, 5.41) is 3.01. The van der Waals surface area contributed by atoms with Gasteiger partial charge in [-0.3, -0.25) is 9.59 Å². The summed E-state index contributed by atoms with van der Waals surface area (Å²) in [6.45, 7) is 1.33. The summed E-state index contributed by atoms with van der Waals surface area (Å²) in [5.41, 5.74) is 2.39. The van der Waals surface area contributed by atoms with E-state index in [2.05, 4.69) is 10.0 Å². The fraction of sp³-hybridized carbons (Fsp3) is 0.200. The minimum Gasteiger partial charge on any atom is -0.349 e. The molecule has 7 heteroatoms. The normalized spacial score (nSPS) is 12.2. The van der Waals surface area contributed by atoms with E-state index in [0.717, 1.165) is 11.1 Å². The molecule has 166 valence electrons. The van der Waals surface area contributed by atoms with Gasteiger partial charge in [0.15, 0.2) is 5.78 Å². The molecule has 0 saturated heterocycles. The van der Waals surface area contributed by atoms with Crippen molar-refractivity contribution in [2.24, 2.45) is 0 Å². The van der Waals surface area contributed by atoms with Gasteiger partial charge in [0.05, 0.1) is 10.9 Å². The van der Waals surface area contributed by atoms with E-state index in [1.165, 1.54) is 25.1 Å². The molecule has 0 saturated carbocycles. The van der Waals surface area contributed by atoms with Crippen LogP contribution < -0.4 is 10.0 Å². The van der Waals surface area contributed by atoms with Gasteiger partial charge in [-0.1, -0.05) is 72.8 Å². The Morgan fingerprint density at radius 2 is 1.53 bits per heavy atom. The SMILES string of the molecule is CC(=O)c1cccc(S(=O)(=O)NCCC(=O)NC(Cc2ccccc2)c2ccccc2)c1. The molecule has 6 nitrogen and oxygen atoms in total. The Balaban J connectivity index is 1.61. The largest absolute Gasteiger partial charge is 0.349 e. The fourth-order valence-electron chi connectivity index (χ4n) is 3.32. The predicted molar refractivity (Wildman–Crippen MR) is 124 cm³/mol. The van der Waals surface area contributed by atoms with Gasteiger partial charge in [0.25, 0.3) is 0 Å². The van der Waals surface area contributed by atoms with Crippen LogP contribution in [0.4, 0.5) is 0 Å². The first-order chi connectivity index (χ1) is 15.3.